The van der Waals surface area contributed by atoms with Gasteiger partial charge in [0, 0.05) is 11.6 Å². The molecule has 21 heavy (non-hydrogen) atoms. The summed E-state index contributed by atoms with van der Waals surface area (Å²) in [5.74, 6) is -0.414. The zero-order chi connectivity index (χ0) is 14.8. The fourth-order valence-corrected chi connectivity index (χ4v) is 2.58. The van der Waals surface area contributed by atoms with E-state index < -0.39 is 5.82 Å². The fourth-order valence-electron chi connectivity index (χ4n) is 2.46. The number of hydrogen-bond donors (Lipinski definition) is 1. The second-order valence-electron chi connectivity index (χ2n) is 4.86. The summed E-state index contributed by atoms with van der Waals surface area (Å²) in [5, 5.41) is 4.39. The van der Waals surface area contributed by atoms with E-state index in [1.165, 1.54) is 6.07 Å². The Bertz CT molecular complexity index is 789. The van der Waals surface area contributed by atoms with Gasteiger partial charge in [0.25, 0.3) is 0 Å². The SMILES string of the molecule is CNC(c1ccc(Cl)c(F)c1)c1cnc2ccccc2c1. The number of halogens is 2. The van der Waals surface area contributed by atoms with Crippen molar-refractivity contribution in [2.75, 3.05) is 7.05 Å². The molecule has 0 aliphatic rings. The first-order valence-electron chi connectivity index (χ1n) is 6.66. The van der Waals surface area contributed by atoms with Gasteiger partial charge in [-0.15, -0.1) is 0 Å². The first kappa shape index (κ1) is 14.0. The molecule has 1 aromatic heterocycles. The summed E-state index contributed by atoms with van der Waals surface area (Å²) < 4.78 is 13.7. The minimum atomic E-state index is -0.414. The van der Waals surface area contributed by atoms with E-state index in [1.54, 1.807) is 6.07 Å². The Kier molecular flexibility index (Phi) is 3.86. The van der Waals surface area contributed by atoms with Crippen molar-refractivity contribution in [2.24, 2.45) is 0 Å². The van der Waals surface area contributed by atoms with Crippen LogP contribution in [0.2, 0.25) is 5.02 Å². The molecule has 0 aliphatic carbocycles. The molecule has 3 aromatic rings. The highest BCUT2D eigenvalue weighted by Gasteiger charge is 2.14. The van der Waals surface area contributed by atoms with E-state index in [1.807, 2.05) is 43.6 Å². The molecule has 0 aliphatic heterocycles. The first-order chi connectivity index (χ1) is 10.2. The first-order valence-corrected chi connectivity index (χ1v) is 7.04. The van der Waals surface area contributed by atoms with E-state index in [2.05, 4.69) is 16.4 Å². The Hall–Kier alpha value is -1.97. The van der Waals surface area contributed by atoms with E-state index in [-0.39, 0.29) is 11.1 Å². The third-order valence-corrected chi connectivity index (χ3v) is 3.82. The molecule has 0 bridgehead atoms. The van der Waals surface area contributed by atoms with Crippen molar-refractivity contribution in [3.8, 4) is 0 Å². The monoisotopic (exact) mass is 300 g/mol. The Morgan fingerprint density at radius 3 is 2.67 bits per heavy atom. The normalized spacial score (nSPS) is 12.5. The molecule has 1 N–H and O–H groups in total. The second-order valence-corrected chi connectivity index (χ2v) is 5.26. The summed E-state index contributed by atoms with van der Waals surface area (Å²) >= 11 is 5.74. The molecule has 4 heteroatoms. The lowest BCUT2D eigenvalue weighted by molar-refractivity contribution is 0.617. The summed E-state index contributed by atoms with van der Waals surface area (Å²) in [4.78, 5) is 4.46. The van der Waals surface area contributed by atoms with Crippen LogP contribution >= 0.6 is 11.6 Å². The number of benzene rings is 2. The number of hydrogen-bond acceptors (Lipinski definition) is 2. The van der Waals surface area contributed by atoms with Crippen LogP contribution in [-0.4, -0.2) is 12.0 Å². The summed E-state index contributed by atoms with van der Waals surface area (Å²) in [7, 11) is 1.84. The van der Waals surface area contributed by atoms with Crippen molar-refractivity contribution in [2.45, 2.75) is 6.04 Å². The van der Waals surface area contributed by atoms with Gasteiger partial charge in [-0.25, -0.2) is 4.39 Å². The van der Waals surface area contributed by atoms with Gasteiger partial charge in [-0.2, -0.15) is 0 Å². The van der Waals surface area contributed by atoms with Gasteiger partial charge in [-0.3, -0.25) is 4.98 Å². The Balaban J connectivity index is 2.06. The van der Waals surface area contributed by atoms with Crippen molar-refractivity contribution >= 4 is 22.5 Å². The maximum atomic E-state index is 13.7. The molecular weight excluding hydrogens is 287 g/mol. The zero-order valence-corrected chi connectivity index (χ0v) is 12.2. The van der Waals surface area contributed by atoms with Crippen molar-refractivity contribution in [1.29, 1.82) is 0 Å². The number of nitrogens with one attached hydrogen (secondary N) is 1. The predicted molar refractivity (Wildman–Crippen MR) is 84.1 cm³/mol. The number of aromatic nitrogens is 1. The lowest BCUT2D eigenvalue weighted by Gasteiger charge is -2.17. The van der Waals surface area contributed by atoms with Crippen LogP contribution in [0.15, 0.2) is 54.7 Å². The summed E-state index contributed by atoms with van der Waals surface area (Å²) in [6.07, 6.45) is 1.82. The van der Waals surface area contributed by atoms with E-state index in [4.69, 9.17) is 11.6 Å². The molecule has 2 nitrogen and oxygen atoms in total. The van der Waals surface area contributed by atoms with E-state index >= 15 is 0 Å². The van der Waals surface area contributed by atoms with Crippen molar-refractivity contribution in [1.82, 2.24) is 10.3 Å². The summed E-state index contributed by atoms with van der Waals surface area (Å²) in [6, 6.07) is 14.7. The lowest BCUT2D eigenvalue weighted by atomic mass is 9.99. The zero-order valence-electron chi connectivity index (χ0n) is 11.5. The van der Waals surface area contributed by atoms with E-state index in [0.29, 0.717) is 0 Å². The van der Waals surface area contributed by atoms with Gasteiger partial charge in [0.1, 0.15) is 5.82 Å². The Labute approximate surface area is 127 Å². The average Bonchev–Trinajstić information content (AvgIpc) is 2.51. The van der Waals surface area contributed by atoms with Crippen LogP contribution < -0.4 is 5.32 Å². The largest absolute Gasteiger partial charge is 0.309 e. The third kappa shape index (κ3) is 2.75. The van der Waals surface area contributed by atoms with Gasteiger partial charge in [0.15, 0.2) is 0 Å². The highest BCUT2D eigenvalue weighted by atomic mass is 35.5. The number of pyridine rings is 1. The van der Waals surface area contributed by atoms with Crippen molar-refractivity contribution < 1.29 is 4.39 Å². The molecule has 2 aromatic carbocycles. The molecular formula is C17H14ClFN2. The molecule has 1 atom stereocenters. The predicted octanol–water partition coefficient (Wildman–Crippen LogP) is 4.34. The lowest BCUT2D eigenvalue weighted by Crippen LogP contribution is -2.18. The molecule has 0 fully saturated rings. The van der Waals surface area contributed by atoms with Crippen LogP contribution in [0.1, 0.15) is 17.2 Å². The minimum Gasteiger partial charge on any atom is -0.309 e. The van der Waals surface area contributed by atoms with Crippen LogP contribution in [0.25, 0.3) is 10.9 Å². The number of nitrogens with zero attached hydrogens (tertiary/aromatic N) is 1. The van der Waals surface area contributed by atoms with Gasteiger partial charge in [-0.05, 0) is 42.4 Å². The molecule has 0 saturated carbocycles. The number of para-hydroxylation sites is 1. The number of rotatable bonds is 3. The van der Waals surface area contributed by atoms with Crippen molar-refractivity contribution in [3.05, 3.63) is 76.7 Å². The standard InChI is InChI=1S/C17H14ClFN2/c1-20-17(12-6-7-14(18)15(19)9-12)13-8-11-4-2-3-5-16(11)21-10-13/h2-10,17,20H,1H3. The van der Waals surface area contributed by atoms with Gasteiger partial charge < -0.3 is 5.32 Å². The van der Waals surface area contributed by atoms with Crippen LogP contribution in [0.4, 0.5) is 4.39 Å². The van der Waals surface area contributed by atoms with Crippen LogP contribution in [-0.2, 0) is 0 Å². The fraction of sp³-hybridized carbons (Fsp3) is 0.118. The van der Waals surface area contributed by atoms with Gasteiger partial charge in [0.05, 0.1) is 16.6 Å². The smallest absolute Gasteiger partial charge is 0.142 e. The third-order valence-electron chi connectivity index (χ3n) is 3.51. The quantitative estimate of drug-likeness (QED) is 0.778. The number of fused-ring (bicyclic) bond motifs is 1. The summed E-state index contributed by atoms with van der Waals surface area (Å²) in [5.41, 5.74) is 2.74. The van der Waals surface area contributed by atoms with Crippen LogP contribution in [0, 0.1) is 5.82 Å². The van der Waals surface area contributed by atoms with Crippen molar-refractivity contribution in [3.63, 3.8) is 0 Å². The Morgan fingerprint density at radius 2 is 1.90 bits per heavy atom. The second kappa shape index (κ2) is 5.80. The molecule has 0 amide bonds. The van der Waals surface area contributed by atoms with Gasteiger partial charge >= 0.3 is 0 Å². The molecule has 0 spiro atoms. The maximum Gasteiger partial charge on any atom is 0.142 e. The topological polar surface area (TPSA) is 24.9 Å². The molecule has 1 heterocycles. The molecule has 3 rings (SSSR count). The highest BCUT2D eigenvalue weighted by Crippen LogP contribution is 2.26. The molecule has 1 unspecified atom stereocenters. The molecule has 0 saturated heterocycles. The molecule has 106 valence electrons. The van der Waals surface area contributed by atoms with E-state index in [0.717, 1.165) is 22.0 Å². The average molecular weight is 301 g/mol. The highest BCUT2D eigenvalue weighted by molar-refractivity contribution is 6.30. The van der Waals surface area contributed by atoms with E-state index in [9.17, 15) is 4.39 Å². The van der Waals surface area contributed by atoms with Crippen LogP contribution in [0.5, 0.6) is 0 Å². The maximum absolute atomic E-state index is 13.7. The van der Waals surface area contributed by atoms with Gasteiger partial charge in [-0.1, -0.05) is 35.9 Å². The minimum absolute atomic E-state index is 0.130. The summed E-state index contributed by atoms with van der Waals surface area (Å²) in [6.45, 7) is 0. The van der Waals surface area contributed by atoms with Crippen LogP contribution in [0.3, 0.4) is 0 Å². The van der Waals surface area contributed by atoms with Gasteiger partial charge in [0.2, 0.25) is 0 Å². The molecule has 0 radical (unpaired) electrons. The Morgan fingerprint density at radius 1 is 1.10 bits per heavy atom.